The van der Waals surface area contributed by atoms with Gasteiger partial charge in [0, 0.05) is 11.0 Å². The summed E-state index contributed by atoms with van der Waals surface area (Å²) in [5, 5.41) is 0. The first-order chi connectivity index (χ1) is 6.97. The van der Waals surface area contributed by atoms with Gasteiger partial charge in [0.1, 0.15) is 0 Å². The monoisotopic (exact) mass is 289 g/mol. The molecule has 0 aromatic heterocycles. The first-order valence-electron chi connectivity index (χ1n) is 4.34. The smallest absolute Gasteiger partial charge is 0.207 e. The highest BCUT2D eigenvalue weighted by Gasteiger charge is 2.15. The molecule has 3 nitrogen and oxygen atoms in total. The van der Waals surface area contributed by atoms with Gasteiger partial charge in [-0.05, 0) is 24.6 Å². The molecule has 82 valence electrons. The number of aryl methyl sites for hydroxylation is 1. The number of nitrogens with one attached hydrogen (secondary N) is 1. The van der Waals surface area contributed by atoms with Gasteiger partial charge < -0.3 is 0 Å². The minimum absolute atomic E-state index is 0.230. The first kappa shape index (κ1) is 12.4. The van der Waals surface area contributed by atoms with Crippen LogP contribution in [0.5, 0.6) is 0 Å². The maximum absolute atomic E-state index is 11.8. The van der Waals surface area contributed by atoms with Gasteiger partial charge >= 0.3 is 0 Å². The van der Waals surface area contributed by atoms with E-state index in [0.717, 1.165) is 10.0 Å². The van der Waals surface area contributed by atoms with Crippen LogP contribution >= 0.6 is 15.9 Å². The van der Waals surface area contributed by atoms with E-state index >= 15 is 0 Å². The second kappa shape index (κ2) is 4.92. The molecule has 0 spiro atoms. The zero-order valence-electron chi connectivity index (χ0n) is 8.33. The quantitative estimate of drug-likeness (QED) is 0.864. The Morgan fingerprint density at radius 2 is 2.20 bits per heavy atom. The fourth-order valence-electron chi connectivity index (χ4n) is 1.11. The molecular formula is C10H12BrNO2S. The van der Waals surface area contributed by atoms with Crippen molar-refractivity contribution in [2.24, 2.45) is 0 Å². The summed E-state index contributed by atoms with van der Waals surface area (Å²) in [6.45, 7) is 5.45. The predicted molar refractivity (Wildman–Crippen MR) is 64.3 cm³/mol. The topological polar surface area (TPSA) is 46.2 Å². The molecule has 0 radical (unpaired) electrons. The fourth-order valence-corrected chi connectivity index (χ4v) is 2.89. The van der Waals surface area contributed by atoms with Crippen LogP contribution in [-0.2, 0) is 10.0 Å². The standard InChI is InChI=1S/C10H12BrNO2S/c1-3-6-12-15(13,14)10-7-9(11)5-4-8(10)2/h3-5,7,12H,1,6H2,2H3. The van der Waals surface area contributed by atoms with Crippen LogP contribution in [-0.4, -0.2) is 15.0 Å². The normalized spacial score (nSPS) is 11.3. The van der Waals surface area contributed by atoms with E-state index in [1.165, 1.54) is 6.08 Å². The number of benzene rings is 1. The Balaban J connectivity index is 3.14. The highest BCUT2D eigenvalue weighted by Crippen LogP contribution is 2.20. The molecule has 0 aliphatic rings. The Labute approximate surface area is 98.4 Å². The minimum Gasteiger partial charge on any atom is -0.207 e. The molecule has 1 aromatic rings. The molecule has 0 saturated carbocycles. The molecule has 0 unspecified atom stereocenters. The van der Waals surface area contributed by atoms with Crippen molar-refractivity contribution in [2.75, 3.05) is 6.54 Å². The van der Waals surface area contributed by atoms with Crippen molar-refractivity contribution in [3.05, 3.63) is 40.9 Å². The van der Waals surface area contributed by atoms with Gasteiger partial charge in [-0.25, -0.2) is 13.1 Å². The summed E-state index contributed by atoms with van der Waals surface area (Å²) in [5.74, 6) is 0. The van der Waals surface area contributed by atoms with E-state index in [0.29, 0.717) is 4.90 Å². The summed E-state index contributed by atoms with van der Waals surface area (Å²) in [6, 6.07) is 5.15. The van der Waals surface area contributed by atoms with Gasteiger partial charge in [-0.1, -0.05) is 28.1 Å². The van der Waals surface area contributed by atoms with E-state index in [-0.39, 0.29) is 6.54 Å². The summed E-state index contributed by atoms with van der Waals surface area (Å²) in [7, 11) is -3.43. The van der Waals surface area contributed by atoms with Crippen molar-refractivity contribution in [1.29, 1.82) is 0 Å². The van der Waals surface area contributed by atoms with Gasteiger partial charge in [0.05, 0.1) is 4.90 Å². The molecule has 0 amide bonds. The zero-order valence-corrected chi connectivity index (χ0v) is 10.7. The molecule has 1 N–H and O–H groups in total. The molecule has 1 rings (SSSR count). The average molecular weight is 290 g/mol. The van der Waals surface area contributed by atoms with Crippen molar-refractivity contribution in [3.8, 4) is 0 Å². The third-order valence-electron chi connectivity index (χ3n) is 1.86. The number of hydrogen-bond donors (Lipinski definition) is 1. The van der Waals surface area contributed by atoms with Crippen molar-refractivity contribution < 1.29 is 8.42 Å². The van der Waals surface area contributed by atoms with Gasteiger partial charge in [-0.15, -0.1) is 6.58 Å². The molecule has 1 aromatic carbocycles. The molecule has 0 bridgehead atoms. The summed E-state index contributed by atoms with van der Waals surface area (Å²) in [4.78, 5) is 0.290. The number of sulfonamides is 1. The van der Waals surface area contributed by atoms with Crippen molar-refractivity contribution >= 4 is 26.0 Å². The van der Waals surface area contributed by atoms with Crippen LogP contribution in [0.3, 0.4) is 0 Å². The maximum Gasteiger partial charge on any atom is 0.241 e. The van der Waals surface area contributed by atoms with Crippen LogP contribution < -0.4 is 4.72 Å². The van der Waals surface area contributed by atoms with Crippen molar-refractivity contribution in [2.45, 2.75) is 11.8 Å². The summed E-state index contributed by atoms with van der Waals surface area (Å²) >= 11 is 3.24. The van der Waals surface area contributed by atoms with Crippen LogP contribution in [0.2, 0.25) is 0 Å². The molecule has 0 fully saturated rings. The van der Waals surface area contributed by atoms with Gasteiger partial charge in [-0.2, -0.15) is 0 Å². The van der Waals surface area contributed by atoms with Crippen LogP contribution in [0.4, 0.5) is 0 Å². The molecule has 0 aliphatic heterocycles. The molecular weight excluding hydrogens is 278 g/mol. The van der Waals surface area contributed by atoms with Crippen LogP contribution in [0, 0.1) is 6.92 Å². The molecule has 0 aliphatic carbocycles. The molecule has 0 saturated heterocycles. The van der Waals surface area contributed by atoms with E-state index < -0.39 is 10.0 Å². The Bertz CT molecular complexity index is 468. The first-order valence-corrected chi connectivity index (χ1v) is 6.61. The van der Waals surface area contributed by atoms with Crippen molar-refractivity contribution in [3.63, 3.8) is 0 Å². The second-order valence-corrected chi connectivity index (χ2v) is 5.70. The third kappa shape index (κ3) is 3.15. The SMILES string of the molecule is C=CCNS(=O)(=O)c1cc(Br)ccc1C. The number of rotatable bonds is 4. The average Bonchev–Trinajstić information content (AvgIpc) is 2.18. The van der Waals surface area contributed by atoms with Crippen LogP contribution in [0.1, 0.15) is 5.56 Å². The maximum atomic E-state index is 11.8. The Kier molecular flexibility index (Phi) is 4.07. The van der Waals surface area contributed by atoms with E-state index in [1.54, 1.807) is 19.1 Å². The van der Waals surface area contributed by atoms with Gasteiger partial charge in [0.15, 0.2) is 0 Å². The number of halogens is 1. The summed E-state index contributed by atoms with van der Waals surface area (Å²) in [5.41, 5.74) is 0.717. The highest BCUT2D eigenvalue weighted by atomic mass is 79.9. The fraction of sp³-hybridized carbons (Fsp3) is 0.200. The Hall–Kier alpha value is -0.650. The molecule has 5 heteroatoms. The Morgan fingerprint density at radius 3 is 2.80 bits per heavy atom. The van der Waals surface area contributed by atoms with E-state index in [4.69, 9.17) is 0 Å². The molecule has 15 heavy (non-hydrogen) atoms. The van der Waals surface area contributed by atoms with Gasteiger partial charge in [-0.3, -0.25) is 0 Å². The zero-order chi connectivity index (χ0) is 11.5. The van der Waals surface area contributed by atoms with Gasteiger partial charge in [0.2, 0.25) is 10.0 Å². The van der Waals surface area contributed by atoms with Crippen molar-refractivity contribution in [1.82, 2.24) is 4.72 Å². The summed E-state index contributed by atoms with van der Waals surface area (Å²) < 4.78 is 26.7. The van der Waals surface area contributed by atoms with Gasteiger partial charge in [0.25, 0.3) is 0 Å². The van der Waals surface area contributed by atoms with Crippen LogP contribution in [0.25, 0.3) is 0 Å². The molecule has 0 heterocycles. The second-order valence-electron chi connectivity index (χ2n) is 3.05. The lowest BCUT2D eigenvalue weighted by atomic mass is 10.2. The van der Waals surface area contributed by atoms with E-state index in [9.17, 15) is 8.42 Å². The van der Waals surface area contributed by atoms with E-state index in [2.05, 4.69) is 27.2 Å². The lowest BCUT2D eigenvalue weighted by molar-refractivity contribution is 0.585. The minimum atomic E-state index is -3.43. The third-order valence-corrected chi connectivity index (χ3v) is 3.92. The predicted octanol–water partition coefficient (Wildman–Crippen LogP) is 2.22. The lowest BCUT2D eigenvalue weighted by Gasteiger charge is -2.08. The van der Waals surface area contributed by atoms with E-state index in [1.807, 2.05) is 6.07 Å². The highest BCUT2D eigenvalue weighted by molar-refractivity contribution is 9.10. The number of hydrogen-bond acceptors (Lipinski definition) is 2. The lowest BCUT2D eigenvalue weighted by Crippen LogP contribution is -2.24. The van der Waals surface area contributed by atoms with Crippen LogP contribution in [0.15, 0.2) is 40.2 Å². The molecule has 0 atom stereocenters. The Morgan fingerprint density at radius 1 is 1.53 bits per heavy atom. The summed E-state index contributed by atoms with van der Waals surface area (Å²) in [6.07, 6.45) is 1.50. The largest absolute Gasteiger partial charge is 0.241 e.